The van der Waals surface area contributed by atoms with Gasteiger partial charge in [-0.05, 0) is 44.0 Å². The molecule has 0 radical (unpaired) electrons. The van der Waals surface area contributed by atoms with Crippen molar-refractivity contribution in [1.29, 1.82) is 0 Å². The molecule has 1 N–H and O–H groups in total. The third kappa shape index (κ3) is 2.45. The first-order valence-electron chi connectivity index (χ1n) is 7.12. The van der Waals surface area contributed by atoms with Gasteiger partial charge in [0.2, 0.25) is 0 Å². The van der Waals surface area contributed by atoms with Gasteiger partial charge >= 0.3 is 0 Å². The van der Waals surface area contributed by atoms with E-state index in [4.69, 9.17) is 4.98 Å². The fourth-order valence-corrected chi connectivity index (χ4v) is 4.02. The fourth-order valence-electron chi connectivity index (χ4n) is 2.73. The summed E-state index contributed by atoms with van der Waals surface area (Å²) in [6.07, 6.45) is 3.64. The Kier molecular flexibility index (Phi) is 3.76. The van der Waals surface area contributed by atoms with Gasteiger partial charge in [0.15, 0.2) is 0 Å². The fraction of sp³-hybridized carbons (Fsp3) is 0.438. The van der Waals surface area contributed by atoms with Gasteiger partial charge in [-0.3, -0.25) is 0 Å². The molecule has 1 heterocycles. The van der Waals surface area contributed by atoms with Crippen LogP contribution in [0.4, 0.5) is 5.69 Å². The van der Waals surface area contributed by atoms with Crippen molar-refractivity contribution >= 4 is 17.0 Å². The Hall–Kier alpha value is -1.39. The Labute approximate surface area is 124 Å². The number of aromatic nitrogens is 1. The molecule has 0 saturated carbocycles. The van der Waals surface area contributed by atoms with Gasteiger partial charge in [-0.1, -0.05) is 12.1 Å². The normalized spacial score (nSPS) is 15.2. The number of hydrogen-bond donors (Lipinski definition) is 1. The molecule has 3 nitrogen and oxygen atoms in total. The lowest BCUT2D eigenvalue weighted by Gasteiger charge is -2.17. The lowest BCUT2D eigenvalue weighted by molar-refractivity contribution is 0.683. The van der Waals surface area contributed by atoms with E-state index in [1.807, 2.05) is 18.4 Å². The highest BCUT2D eigenvalue weighted by Gasteiger charge is 2.22. The molecule has 0 aliphatic heterocycles. The van der Waals surface area contributed by atoms with Crippen LogP contribution in [-0.4, -0.2) is 26.1 Å². The van der Waals surface area contributed by atoms with Crippen LogP contribution in [0.3, 0.4) is 0 Å². The minimum absolute atomic E-state index is 0.210. The first kappa shape index (κ1) is 13.6. The molecule has 3 rings (SSSR count). The molecule has 4 heteroatoms. The van der Waals surface area contributed by atoms with Crippen molar-refractivity contribution in [3.63, 3.8) is 0 Å². The number of fused-ring (bicyclic) bond motifs is 1. The smallest absolute Gasteiger partial charge is 0.115 e. The standard InChI is InChI=1S/C16H21N3S/c1-17-15(11-7-9-12(10-8-11)19(2)3)16-18-13-5-4-6-14(13)20-16/h7-10,15,17H,4-6H2,1-3H3. The van der Waals surface area contributed by atoms with E-state index in [0.29, 0.717) is 0 Å². The maximum absolute atomic E-state index is 4.84. The van der Waals surface area contributed by atoms with Gasteiger partial charge in [-0.2, -0.15) is 0 Å². The second kappa shape index (κ2) is 5.54. The highest BCUT2D eigenvalue weighted by Crippen LogP contribution is 2.33. The molecule has 1 aliphatic rings. The molecule has 106 valence electrons. The van der Waals surface area contributed by atoms with Crippen LogP contribution in [0.2, 0.25) is 0 Å². The predicted octanol–water partition coefficient (Wildman–Crippen LogP) is 3.01. The molecule has 0 amide bonds. The van der Waals surface area contributed by atoms with Crippen LogP contribution < -0.4 is 10.2 Å². The minimum Gasteiger partial charge on any atom is -0.378 e. The maximum Gasteiger partial charge on any atom is 0.115 e. The minimum atomic E-state index is 0.210. The largest absolute Gasteiger partial charge is 0.378 e. The molecule has 0 fully saturated rings. The van der Waals surface area contributed by atoms with Gasteiger partial charge in [0, 0.05) is 24.7 Å². The van der Waals surface area contributed by atoms with Gasteiger partial charge in [0.1, 0.15) is 5.01 Å². The van der Waals surface area contributed by atoms with E-state index in [2.05, 4.69) is 48.6 Å². The van der Waals surface area contributed by atoms with Gasteiger partial charge < -0.3 is 10.2 Å². The van der Waals surface area contributed by atoms with E-state index in [0.717, 1.165) is 6.42 Å². The van der Waals surface area contributed by atoms with Gasteiger partial charge in [-0.15, -0.1) is 11.3 Å². The summed E-state index contributed by atoms with van der Waals surface area (Å²) in [5, 5.41) is 4.61. The average molecular weight is 287 g/mol. The van der Waals surface area contributed by atoms with E-state index in [1.54, 1.807) is 0 Å². The van der Waals surface area contributed by atoms with Crippen molar-refractivity contribution in [2.75, 3.05) is 26.0 Å². The topological polar surface area (TPSA) is 28.2 Å². The zero-order valence-electron chi connectivity index (χ0n) is 12.3. The lowest BCUT2D eigenvalue weighted by atomic mass is 10.1. The van der Waals surface area contributed by atoms with E-state index >= 15 is 0 Å². The predicted molar refractivity (Wildman–Crippen MR) is 85.8 cm³/mol. The summed E-state index contributed by atoms with van der Waals surface area (Å²) in [7, 11) is 6.14. The molecular weight excluding hydrogens is 266 g/mol. The zero-order valence-corrected chi connectivity index (χ0v) is 13.1. The van der Waals surface area contributed by atoms with Crippen molar-refractivity contribution in [1.82, 2.24) is 10.3 Å². The van der Waals surface area contributed by atoms with Gasteiger partial charge in [0.05, 0.1) is 11.7 Å². The summed E-state index contributed by atoms with van der Waals surface area (Å²) < 4.78 is 0. The summed E-state index contributed by atoms with van der Waals surface area (Å²) in [5.41, 5.74) is 3.84. The summed E-state index contributed by atoms with van der Waals surface area (Å²) >= 11 is 1.88. The second-order valence-electron chi connectivity index (χ2n) is 5.48. The zero-order chi connectivity index (χ0) is 14.1. The Balaban J connectivity index is 1.88. The van der Waals surface area contributed by atoms with Crippen LogP contribution in [0, 0.1) is 0 Å². The first-order valence-corrected chi connectivity index (χ1v) is 7.93. The second-order valence-corrected chi connectivity index (χ2v) is 6.60. The van der Waals surface area contributed by atoms with Crippen molar-refractivity contribution in [3.8, 4) is 0 Å². The van der Waals surface area contributed by atoms with Crippen LogP contribution >= 0.6 is 11.3 Å². The quantitative estimate of drug-likeness (QED) is 0.937. The maximum atomic E-state index is 4.84. The first-order chi connectivity index (χ1) is 9.69. The SMILES string of the molecule is CNC(c1ccc(N(C)C)cc1)c1nc2c(s1)CCC2. The number of aryl methyl sites for hydroxylation is 2. The summed E-state index contributed by atoms with van der Waals surface area (Å²) in [6.45, 7) is 0. The number of rotatable bonds is 4. The van der Waals surface area contributed by atoms with Crippen LogP contribution in [0.1, 0.15) is 33.6 Å². The molecule has 1 atom stereocenters. The molecule has 2 aromatic rings. The van der Waals surface area contributed by atoms with E-state index in [1.165, 1.54) is 39.7 Å². The molecule has 0 bridgehead atoms. The van der Waals surface area contributed by atoms with Gasteiger partial charge in [0.25, 0.3) is 0 Å². The summed E-state index contributed by atoms with van der Waals surface area (Å²) in [6, 6.07) is 8.94. The van der Waals surface area contributed by atoms with E-state index in [-0.39, 0.29) is 6.04 Å². The third-order valence-electron chi connectivity index (χ3n) is 3.89. The van der Waals surface area contributed by atoms with Crippen LogP contribution in [0.15, 0.2) is 24.3 Å². The number of nitrogens with zero attached hydrogens (tertiary/aromatic N) is 2. The molecule has 0 spiro atoms. The van der Waals surface area contributed by atoms with Crippen LogP contribution in [-0.2, 0) is 12.8 Å². The van der Waals surface area contributed by atoms with Crippen LogP contribution in [0.25, 0.3) is 0 Å². The Morgan fingerprint density at radius 2 is 1.95 bits per heavy atom. The number of thiazole rings is 1. The molecule has 20 heavy (non-hydrogen) atoms. The van der Waals surface area contributed by atoms with Crippen molar-refractivity contribution in [2.45, 2.75) is 25.3 Å². The van der Waals surface area contributed by atoms with E-state index in [9.17, 15) is 0 Å². The summed E-state index contributed by atoms with van der Waals surface area (Å²) in [5.74, 6) is 0. The Bertz CT molecular complexity index is 565. The van der Waals surface area contributed by atoms with Crippen molar-refractivity contribution in [3.05, 3.63) is 45.4 Å². The molecule has 0 saturated heterocycles. The molecule has 1 aliphatic carbocycles. The molecule has 1 aromatic carbocycles. The van der Waals surface area contributed by atoms with Crippen LogP contribution in [0.5, 0.6) is 0 Å². The Morgan fingerprint density at radius 1 is 1.20 bits per heavy atom. The molecule has 1 unspecified atom stereocenters. The Morgan fingerprint density at radius 3 is 2.55 bits per heavy atom. The highest BCUT2D eigenvalue weighted by atomic mass is 32.1. The number of hydrogen-bond acceptors (Lipinski definition) is 4. The molecule has 1 aromatic heterocycles. The lowest BCUT2D eigenvalue weighted by Crippen LogP contribution is -2.18. The van der Waals surface area contributed by atoms with Crippen molar-refractivity contribution in [2.24, 2.45) is 0 Å². The monoisotopic (exact) mass is 287 g/mol. The highest BCUT2D eigenvalue weighted by molar-refractivity contribution is 7.11. The summed E-state index contributed by atoms with van der Waals surface area (Å²) in [4.78, 5) is 8.45. The molecular formula is C16H21N3S. The number of anilines is 1. The number of benzene rings is 1. The van der Waals surface area contributed by atoms with E-state index < -0.39 is 0 Å². The average Bonchev–Trinajstić information content (AvgIpc) is 3.01. The third-order valence-corrected chi connectivity index (χ3v) is 5.11. The van der Waals surface area contributed by atoms with Gasteiger partial charge in [-0.25, -0.2) is 4.98 Å². The number of nitrogens with one attached hydrogen (secondary N) is 1. The van der Waals surface area contributed by atoms with Crippen molar-refractivity contribution < 1.29 is 0 Å².